The Morgan fingerprint density at radius 3 is 2.68 bits per heavy atom. The number of anilines is 1. The maximum Gasteiger partial charge on any atom is 0.264 e. The number of nitrogens with one attached hydrogen (secondary N) is 2. The van der Waals surface area contributed by atoms with Gasteiger partial charge >= 0.3 is 0 Å². The molecule has 1 aliphatic rings. The Morgan fingerprint density at radius 1 is 1.29 bits per heavy atom. The van der Waals surface area contributed by atoms with E-state index in [0.29, 0.717) is 16.3 Å². The first kappa shape index (κ1) is 23.7. The smallest absolute Gasteiger partial charge is 0.264 e. The van der Waals surface area contributed by atoms with Crippen LogP contribution in [-0.4, -0.2) is 23.5 Å². The van der Waals surface area contributed by atoms with Crippen molar-refractivity contribution in [3.05, 3.63) is 43.7 Å². The van der Waals surface area contributed by atoms with Gasteiger partial charge in [-0.15, -0.1) is 11.3 Å². The van der Waals surface area contributed by atoms with Crippen LogP contribution in [0.15, 0.2) is 16.6 Å². The molecular weight excluding hydrogens is 498 g/mol. The highest BCUT2D eigenvalue weighted by atomic mass is 79.9. The summed E-state index contributed by atoms with van der Waals surface area (Å²) < 4.78 is 6.79. The first-order valence-electron chi connectivity index (χ1n) is 10.1. The number of halogens is 1. The van der Waals surface area contributed by atoms with E-state index in [0.717, 1.165) is 51.7 Å². The van der Waals surface area contributed by atoms with Crippen molar-refractivity contribution in [3.63, 3.8) is 0 Å². The molecule has 0 spiro atoms. The topological polar surface area (TPSA) is 93.4 Å². The van der Waals surface area contributed by atoms with Gasteiger partial charge in [0.25, 0.3) is 11.8 Å². The maximum absolute atomic E-state index is 12.4. The van der Waals surface area contributed by atoms with Gasteiger partial charge in [0.15, 0.2) is 11.7 Å². The fourth-order valence-electron chi connectivity index (χ4n) is 3.60. The van der Waals surface area contributed by atoms with Crippen LogP contribution in [0.25, 0.3) is 0 Å². The fourth-order valence-corrected chi connectivity index (χ4v) is 5.54. The lowest BCUT2D eigenvalue weighted by Crippen LogP contribution is -2.37. The quantitative estimate of drug-likeness (QED) is 0.472. The highest BCUT2D eigenvalue weighted by Crippen LogP contribution is 2.38. The number of hydrogen-bond donors (Lipinski definition) is 3. The van der Waals surface area contributed by atoms with Crippen LogP contribution >= 0.6 is 39.5 Å². The van der Waals surface area contributed by atoms with Gasteiger partial charge in [-0.25, -0.2) is 0 Å². The summed E-state index contributed by atoms with van der Waals surface area (Å²) in [7, 11) is 0. The lowest BCUT2D eigenvalue weighted by molar-refractivity contribution is -0.121. The molecule has 2 aromatic rings. The Hall–Kier alpha value is -1.97. The molecule has 9 heteroatoms. The molecule has 0 aliphatic heterocycles. The van der Waals surface area contributed by atoms with Gasteiger partial charge < -0.3 is 15.8 Å². The second-order valence-electron chi connectivity index (χ2n) is 7.86. The van der Waals surface area contributed by atoms with Crippen LogP contribution in [0.5, 0.6) is 5.75 Å². The van der Waals surface area contributed by atoms with Crippen LogP contribution in [0, 0.1) is 6.92 Å². The summed E-state index contributed by atoms with van der Waals surface area (Å²) in [5, 5.41) is 6.31. The van der Waals surface area contributed by atoms with Crippen molar-refractivity contribution in [1.82, 2.24) is 5.32 Å². The van der Waals surface area contributed by atoms with Crippen LogP contribution in [0.4, 0.5) is 5.00 Å². The largest absolute Gasteiger partial charge is 0.483 e. The van der Waals surface area contributed by atoms with Gasteiger partial charge in [-0.1, -0.05) is 29.8 Å². The van der Waals surface area contributed by atoms with Crippen molar-refractivity contribution in [3.8, 4) is 5.75 Å². The molecule has 0 radical (unpaired) electrons. The maximum atomic E-state index is 12.4. The molecule has 2 amide bonds. The summed E-state index contributed by atoms with van der Waals surface area (Å²) in [6.07, 6.45) is 3.90. The third kappa shape index (κ3) is 5.64. The molecule has 1 aromatic heterocycles. The molecule has 0 atom stereocenters. The van der Waals surface area contributed by atoms with Crippen molar-refractivity contribution >= 4 is 61.4 Å². The van der Waals surface area contributed by atoms with Gasteiger partial charge in [-0.3, -0.25) is 14.9 Å². The number of rotatable bonds is 6. The summed E-state index contributed by atoms with van der Waals surface area (Å²) in [5.74, 6) is 0.0577. The third-order valence-corrected chi connectivity index (χ3v) is 7.44. The minimum atomic E-state index is -0.480. The number of hydrogen-bond acceptors (Lipinski definition) is 5. The predicted octanol–water partition coefficient (Wildman–Crippen LogP) is 4.81. The van der Waals surface area contributed by atoms with Gasteiger partial charge in [0.2, 0.25) is 0 Å². The van der Waals surface area contributed by atoms with E-state index < -0.39 is 5.91 Å². The van der Waals surface area contributed by atoms with Crippen molar-refractivity contribution in [2.45, 2.75) is 52.4 Å². The zero-order valence-corrected chi connectivity index (χ0v) is 21.0. The molecule has 6 nitrogen and oxygen atoms in total. The summed E-state index contributed by atoms with van der Waals surface area (Å²) in [6, 6.07) is 3.93. The van der Waals surface area contributed by atoms with E-state index in [2.05, 4.69) is 40.4 Å². The molecule has 3 rings (SSSR count). The number of aryl methyl sites for hydroxylation is 2. The molecule has 1 aliphatic carbocycles. The Morgan fingerprint density at radius 2 is 2.00 bits per heavy atom. The zero-order valence-electron chi connectivity index (χ0n) is 17.8. The number of carbonyl (C=O) groups is 2. The van der Waals surface area contributed by atoms with Crippen LogP contribution in [0.2, 0.25) is 0 Å². The number of thiophene rings is 1. The number of nitrogens with two attached hydrogens (primary N) is 1. The van der Waals surface area contributed by atoms with E-state index in [4.69, 9.17) is 22.7 Å². The monoisotopic (exact) mass is 523 g/mol. The molecule has 4 N–H and O–H groups in total. The summed E-state index contributed by atoms with van der Waals surface area (Å²) in [6.45, 7) is 5.93. The second-order valence-corrected chi connectivity index (χ2v) is 10.2. The van der Waals surface area contributed by atoms with Crippen molar-refractivity contribution < 1.29 is 14.3 Å². The van der Waals surface area contributed by atoms with E-state index in [9.17, 15) is 9.59 Å². The third-order valence-electron chi connectivity index (χ3n) is 5.17. The normalized spacial score (nSPS) is 12.9. The van der Waals surface area contributed by atoms with Gasteiger partial charge in [0, 0.05) is 9.35 Å². The Labute approximate surface area is 200 Å². The highest BCUT2D eigenvalue weighted by molar-refractivity contribution is 9.10. The molecule has 31 heavy (non-hydrogen) atoms. The number of benzene rings is 1. The van der Waals surface area contributed by atoms with E-state index >= 15 is 0 Å². The fraction of sp³-hybridized carbons (Fsp3) is 0.409. The Balaban J connectivity index is 1.64. The van der Waals surface area contributed by atoms with Crippen LogP contribution in [0.3, 0.4) is 0 Å². The van der Waals surface area contributed by atoms with Gasteiger partial charge in [-0.05, 0) is 79.6 Å². The second kappa shape index (κ2) is 10.1. The molecule has 0 unspecified atom stereocenters. The van der Waals surface area contributed by atoms with E-state index in [1.54, 1.807) is 0 Å². The SMILES string of the molecule is Cc1cc(OCC(=O)NC(=S)Nc2sc3c(c2C(N)=O)CCCC3)c(C(C)C)cc1Br. The number of fused-ring (bicyclic) bond motifs is 1. The number of carbonyl (C=O) groups excluding carboxylic acids is 2. The standard InChI is InChI=1S/C22H26BrN3O3S2/c1-11(2)14-9-15(23)12(3)8-16(14)29-10-18(27)25-22(30)26-21-19(20(24)28)13-6-4-5-7-17(13)31-21/h8-9,11H,4-7,10H2,1-3H3,(H2,24,28)(H2,25,26,27,30). The summed E-state index contributed by atoms with van der Waals surface area (Å²) >= 11 is 10.3. The van der Waals surface area contributed by atoms with E-state index in [1.807, 2.05) is 19.1 Å². The highest BCUT2D eigenvalue weighted by Gasteiger charge is 2.24. The summed E-state index contributed by atoms with van der Waals surface area (Å²) in [4.78, 5) is 25.6. The average Bonchev–Trinajstić information content (AvgIpc) is 3.06. The van der Waals surface area contributed by atoms with E-state index in [1.165, 1.54) is 11.3 Å². The number of ether oxygens (including phenoxy) is 1. The van der Waals surface area contributed by atoms with Crippen LogP contribution in [-0.2, 0) is 17.6 Å². The predicted molar refractivity (Wildman–Crippen MR) is 132 cm³/mol. The number of primary amides is 1. The van der Waals surface area contributed by atoms with Crippen molar-refractivity contribution in [2.24, 2.45) is 5.73 Å². The summed E-state index contributed by atoms with van der Waals surface area (Å²) in [5.41, 5.74) is 9.14. The molecule has 1 aromatic carbocycles. The molecular formula is C22H26BrN3O3S2. The number of thiocarbonyl (C=S) groups is 1. The molecule has 0 saturated heterocycles. The van der Waals surface area contributed by atoms with E-state index in [-0.39, 0.29) is 23.5 Å². The molecule has 0 saturated carbocycles. The van der Waals surface area contributed by atoms with Gasteiger partial charge in [-0.2, -0.15) is 0 Å². The van der Waals surface area contributed by atoms with Crippen LogP contribution < -0.4 is 21.1 Å². The van der Waals surface area contributed by atoms with Crippen molar-refractivity contribution in [2.75, 3.05) is 11.9 Å². The molecule has 166 valence electrons. The minimum absolute atomic E-state index is 0.116. The molecule has 0 fully saturated rings. The molecule has 1 heterocycles. The first-order valence-corrected chi connectivity index (χ1v) is 12.2. The Kier molecular flexibility index (Phi) is 7.72. The Bertz CT molecular complexity index is 1030. The van der Waals surface area contributed by atoms with Crippen molar-refractivity contribution in [1.29, 1.82) is 0 Å². The first-order chi connectivity index (χ1) is 14.7. The van der Waals surface area contributed by atoms with Gasteiger partial charge in [0.1, 0.15) is 10.8 Å². The number of amides is 2. The lowest BCUT2D eigenvalue weighted by Gasteiger charge is -2.16. The zero-order chi connectivity index (χ0) is 22.7. The lowest BCUT2D eigenvalue weighted by atomic mass is 9.95. The average molecular weight is 525 g/mol. The van der Waals surface area contributed by atoms with Gasteiger partial charge in [0.05, 0.1) is 5.56 Å². The molecule has 0 bridgehead atoms. The van der Waals surface area contributed by atoms with Crippen LogP contribution in [0.1, 0.15) is 64.5 Å². The minimum Gasteiger partial charge on any atom is -0.483 e.